The van der Waals surface area contributed by atoms with E-state index in [9.17, 15) is 9.90 Å². The number of thiophene rings is 1. The molecule has 0 saturated carbocycles. The average Bonchev–Trinajstić information content (AvgIpc) is 3.39. The van der Waals surface area contributed by atoms with Crippen LogP contribution in [0.15, 0.2) is 42.4 Å². The summed E-state index contributed by atoms with van der Waals surface area (Å²) in [4.78, 5) is 24.2. The van der Waals surface area contributed by atoms with Crippen molar-refractivity contribution in [3.8, 4) is 10.4 Å². The first kappa shape index (κ1) is 17.8. The van der Waals surface area contributed by atoms with Crippen molar-refractivity contribution >= 4 is 17.2 Å². The van der Waals surface area contributed by atoms with Gasteiger partial charge in [0.05, 0.1) is 17.5 Å². The molecule has 8 heteroatoms. The van der Waals surface area contributed by atoms with Crippen molar-refractivity contribution in [2.45, 2.75) is 37.8 Å². The number of piperidine rings is 1. The number of carbonyl (C=O) groups excluding carboxylic acids is 1. The van der Waals surface area contributed by atoms with E-state index in [1.165, 1.54) is 17.7 Å². The number of aliphatic hydroxyl groups is 1. The molecule has 140 valence electrons. The first-order chi connectivity index (χ1) is 13.1. The van der Waals surface area contributed by atoms with E-state index in [4.69, 9.17) is 0 Å². The minimum absolute atomic E-state index is 0.0117. The highest BCUT2D eigenvalue weighted by atomic mass is 32.1. The van der Waals surface area contributed by atoms with Gasteiger partial charge in [-0.3, -0.25) is 9.89 Å². The van der Waals surface area contributed by atoms with Crippen LogP contribution in [0.5, 0.6) is 0 Å². The Labute approximate surface area is 161 Å². The smallest absolute Gasteiger partial charge is 0.254 e. The topological polar surface area (TPSA) is 95.0 Å². The number of likely N-dealkylation sites (tertiary alicyclic amines) is 1. The van der Waals surface area contributed by atoms with E-state index in [2.05, 4.69) is 20.2 Å². The molecule has 0 radical (unpaired) electrons. The van der Waals surface area contributed by atoms with Crippen molar-refractivity contribution in [2.75, 3.05) is 6.54 Å². The maximum Gasteiger partial charge on any atom is 0.254 e. The maximum absolute atomic E-state index is 13.1. The molecule has 0 spiro atoms. The highest BCUT2D eigenvalue weighted by Gasteiger charge is 2.41. The fourth-order valence-corrected chi connectivity index (χ4v) is 4.54. The van der Waals surface area contributed by atoms with E-state index in [0.717, 1.165) is 16.9 Å². The predicted octanol–water partition coefficient (Wildman–Crippen LogP) is 2.83. The second kappa shape index (κ2) is 7.21. The Hall–Kier alpha value is -2.58. The third kappa shape index (κ3) is 3.38. The highest BCUT2D eigenvalue weighted by molar-refractivity contribution is 7.13. The van der Waals surface area contributed by atoms with Gasteiger partial charge in [0, 0.05) is 47.2 Å². The van der Waals surface area contributed by atoms with Gasteiger partial charge in [-0.1, -0.05) is 6.92 Å². The van der Waals surface area contributed by atoms with Gasteiger partial charge in [0.2, 0.25) is 0 Å². The third-order valence-electron chi connectivity index (χ3n) is 5.20. The fourth-order valence-electron chi connectivity index (χ4n) is 3.67. The summed E-state index contributed by atoms with van der Waals surface area (Å²) >= 11 is 1.53. The summed E-state index contributed by atoms with van der Waals surface area (Å²) in [6.45, 7) is 2.54. The maximum atomic E-state index is 13.1. The monoisotopic (exact) mass is 383 g/mol. The zero-order valence-electron chi connectivity index (χ0n) is 15.0. The first-order valence-corrected chi connectivity index (χ1v) is 9.86. The van der Waals surface area contributed by atoms with Crippen molar-refractivity contribution < 1.29 is 9.90 Å². The minimum atomic E-state index is -1.02. The first-order valence-electron chi connectivity index (χ1n) is 8.98. The summed E-state index contributed by atoms with van der Waals surface area (Å²) in [5.41, 5.74) is 1.27. The van der Waals surface area contributed by atoms with Crippen molar-refractivity contribution in [1.29, 1.82) is 0 Å². The SMILES string of the molecule is CCC1CC(O)(c2ccncn2)CCN1C(=O)c1csc(-c2cn[nH]c2)c1. The van der Waals surface area contributed by atoms with Crippen LogP contribution in [0, 0.1) is 0 Å². The van der Waals surface area contributed by atoms with E-state index in [0.29, 0.717) is 30.6 Å². The minimum Gasteiger partial charge on any atom is -0.383 e. The summed E-state index contributed by atoms with van der Waals surface area (Å²) in [7, 11) is 0. The summed E-state index contributed by atoms with van der Waals surface area (Å²) in [6.07, 6.45) is 8.37. The molecule has 1 amide bonds. The van der Waals surface area contributed by atoms with Crippen molar-refractivity contribution in [2.24, 2.45) is 0 Å². The van der Waals surface area contributed by atoms with Crippen LogP contribution in [0.25, 0.3) is 10.4 Å². The van der Waals surface area contributed by atoms with E-state index in [-0.39, 0.29) is 11.9 Å². The van der Waals surface area contributed by atoms with Crippen LogP contribution in [0.3, 0.4) is 0 Å². The second-order valence-corrected chi connectivity index (χ2v) is 7.74. The average molecular weight is 383 g/mol. The molecule has 0 aromatic carbocycles. The quantitative estimate of drug-likeness (QED) is 0.722. The largest absolute Gasteiger partial charge is 0.383 e. The number of H-pyrrole nitrogens is 1. The van der Waals surface area contributed by atoms with Crippen LogP contribution in [0.4, 0.5) is 0 Å². The van der Waals surface area contributed by atoms with Crippen LogP contribution < -0.4 is 0 Å². The Morgan fingerprint density at radius 3 is 3.11 bits per heavy atom. The number of hydrogen-bond acceptors (Lipinski definition) is 6. The van der Waals surface area contributed by atoms with Crippen LogP contribution in [-0.4, -0.2) is 48.7 Å². The van der Waals surface area contributed by atoms with Crippen molar-refractivity contribution in [1.82, 2.24) is 25.1 Å². The molecule has 1 aliphatic rings. The molecule has 3 aromatic heterocycles. The zero-order chi connectivity index (χ0) is 18.9. The van der Waals surface area contributed by atoms with Gasteiger partial charge >= 0.3 is 0 Å². The van der Waals surface area contributed by atoms with Crippen LogP contribution >= 0.6 is 11.3 Å². The predicted molar refractivity (Wildman–Crippen MR) is 102 cm³/mol. The van der Waals surface area contributed by atoms with Crippen molar-refractivity contribution in [3.63, 3.8) is 0 Å². The Morgan fingerprint density at radius 1 is 1.52 bits per heavy atom. The molecule has 4 heterocycles. The molecule has 1 aliphatic heterocycles. The molecular formula is C19H21N5O2S. The van der Waals surface area contributed by atoms with Gasteiger partial charge in [-0.2, -0.15) is 5.10 Å². The number of aromatic nitrogens is 4. The Morgan fingerprint density at radius 2 is 2.41 bits per heavy atom. The van der Waals surface area contributed by atoms with Gasteiger partial charge in [0.25, 0.3) is 5.91 Å². The van der Waals surface area contributed by atoms with Gasteiger partial charge in [-0.15, -0.1) is 11.3 Å². The lowest BCUT2D eigenvalue weighted by Crippen LogP contribution is -2.51. The Balaban J connectivity index is 1.53. The normalized spacial score (nSPS) is 22.7. The molecule has 3 aromatic rings. The zero-order valence-corrected chi connectivity index (χ0v) is 15.8. The molecule has 2 N–H and O–H groups in total. The van der Waals surface area contributed by atoms with Gasteiger partial charge in [-0.25, -0.2) is 9.97 Å². The Kier molecular flexibility index (Phi) is 4.75. The van der Waals surface area contributed by atoms with Gasteiger partial charge in [-0.05, 0) is 25.0 Å². The number of amides is 1. The van der Waals surface area contributed by atoms with Crippen LogP contribution in [-0.2, 0) is 5.60 Å². The lowest BCUT2D eigenvalue weighted by molar-refractivity contribution is -0.0474. The van der Waals surface area contributed by atoms with Crippen LogP contribution in [0.1, 0.15) is 42.2 Å². The molecule has 2 atom stereocenters. The number of rotatable bonds is 4. The van der Waals surface area contributed by atoms with Gasteiger partial charge in [0.15, 0.2) is 0 Å². The number of nitrogens with zero attached hydrogens (tertiary/aromatic N) is 4. The number of carbonyl (C=O) groups is 1. The van der Waals surface area contributed by atoms with Crippen molar-refractivity contribution in [3.05, 3.63) is 53.7 Å². The van der Waals surface area contributed by atoms with E-state index in [1.807, 2.05) is 29.5 Å². The molecule has 27 heavy (non-hydrogen) atoms. The van der Waals surface area contributed by atoms with E-state index in [1.54, 1.807) is 18.5 Å². The molecule has 0 aliphatic carbocycles. The van der Waals surface area contributed by atoms with E-state index >= 15 is 0 Å². The molecule has 1 fully saturated rings. The molecule has 7 nitrogen and oxygen atoms in total. The molecule has 4 rings (SSSR count). The highest BCUT2D eigenvalue weighted by Crippen LogP contribution is 2.37. The van der Waals surface area contributed by atoms with Crippen LogP contribution in [0.2, 0.25) is 0 Å². The number of aromatic amines is 1. The summed E-state index contributed by atoms with van der Waals surface area (Å²) in [5.74, 6) is 0.0117. The van der Waals surface area contributed by atoms with E-state index < -0.39 is 5.60 Å². The number of hydrogen-bond donors (Lipinski definition) is 2. The third-order valence-corrected chi connectivity index (χ3v) is 6.18. The standard InChI is InChI=1S/C19H21N5O2S/c1-2-15-8-19(26,17-3-5-20-12-21-17)4-6-24(15)18(25)13-7-16(27-11-13)14-9-22-23-10-14/h3,5,7,9-12,15,26H,2,4,6,8H2,1H3,(H,22,23). The summed E-state index contributed by atoms with van der Waals surface area (Å²) in [6, 6.07) is 3.62. The molecule has 0 bridgehead atoms. The van der Waals surface area contributed by atoms with Gasteiger partial charge in [0.1, 0.15) is 11.9 Å². The molecular weight excluding hydrogens is 362 g/mol. The lowest BCUT2D eigenvalue weighted by Gasteiger charge is -2.43. The molecule has 2 unspecified atom stereocenters. The fraction of sp³-hybridized carbons (Fsp3) is 0.368. The summed E-state index contributed by atoms with van der Waals surface area (Å²) in [5, 5.41) is 19.8. The number of nitrogens with one attached hydrogen (secondary N) is 1. The second-order valence-electron chi connectivity index (χ2n) is 6.83. The lowest BCUT2D eigenvalue weighted by atomic mass is 9.82. The summed E-state index contributed by atoms with van der Waals surface area (Å²) < 4.78 is 0. The Bertz CT molecular complexity index is 911. The molecule has 1 saturated heterocycles. The van der Waals surface area contributed by atoms with Gasteiger partial charge < -0.3 is 10.0 Å².